The van der Waals surface area contributed by atoms with Gasteiger partial charge in [0.1, 0.15) is 5.75 Å². The zero-order valence-corrected chi connectivity index (χ0v) is 12.9. The fourth-order valence-corrected chi connectivity index (χ4v) is 3.21. The Morgan fingerprint density at radius 1 is 1.33 bits per heavy atom. The van der Waals surface area contributed by atoms with Crippen molar-refractivity contribution in [3.63, 3.8) is 0 Å². The summed E-state index contributed by atoms with van der Waals surface area (Å²) in [5.74, 6) is 1.59. The summed E-state index contributed by atoms with van der Waals surface area (Å²) < 4.78 is 5.69. The third kappa shape index (κ3) is 3.21. The highest BCUT2D eigenvalue weighted by Gasteiger charge is 2.29. The number of benzene rings is 1. The van der Waals surface area contributed by atoms with Crippen molar-refractivity contribution in [2.45, 2.75) is 39.3 Å². The maximum atomic E-state index is 12.6. The van der Waals surface area contributed by atoms with Crippen LogP contribution in [0.15, 0.2) is 18.2 Å². The second kappa shape index (κ2) is 6.06. The van der Waals surface area contributed by atoms with Crippen molar-refractivity contribution in [3.8, 4) is 5.75 Å². The quantitative estimate of drug-likeness (QED) is 0.925. The predicted octanol–water partition coefficient (Wildman–Crippen LogP) is 2.43. The molecular formula is C17H24N2O2. The number of piperidine rings is 1. The summed E-state index contributed by atoms with van der Waals surface area (Å²) in [7, 11) is 0. The summed E-state index contributed by atoms with van der Waals surface area (Å²) in [6.45, 7) is 7.78. The molecule has 0 aromatic heterocycles. The van der Waals surface area contributed by atoms with Crippen LogP contribution >= 0.6 is 0 Å². The zero-order valence-electron chi connectivity index (χ0n) is 12.9. The Morgan fingerprint density at radius 2 is 2.10 bits per heavy atom. The molecule has 0 saturated carbocycles. The van der Waals surface area contributed by atoms with Crippen molar-refractivity contribution in [2.75, 3.05) is 19.6 Å². The van der Waals surface area contributed by atoms with Gasteiger partial charge < -0.3 is 15.0 Å². The van der Waals surface area contributed by atoms with Crippen molar-refractivity contribution in [1.82, 2.24) is 10.2 Å². The molecule has 1 amide bonds. The number of hydrogen-bond acceptors (Lipinski definition) is 3. The van der Waals surface area contributed by atoms with E-state index in [1.54, 1.807) is 0 Å². The molecule has 1 N–H and O–H groups in total. The minimum Gasteiger partial charge on any atom is -0.491 e. The van der Waals surface area contributed by atoms with Gasteiger partial charge in [0.2, 0.25) is 0 Å². The van der Waals surface area contributed by atoms with E-state index in [9.17, 15) is 4.79 Å². The molecule has 0 unspecified atom stereocenters. The monoisotopic (exact) mass is 288 g/mol. The fraction of sp³-hybridized carbons (Fsp3) is 0.588. The number of hydrogen-bond donors (Lipinski definition) is 1. The Balaban J connectivity index is 1.69. The molecule has 21 heavy (non-hydrogen) atoms. The topological polar surface area (TPSA) is 41.6 Å². The molecule has 4 nitrogen and oxygen atoms in total. The van der Waals surface area contributed by atoms with E-state index in [0.717, 1.165) is 43.1 Å². The van der Waals surface area contributed by atoms with Crippen LogP contribution in [0.25, 0.3) is 0 Å². The highest BCUT2D eigenvalue weighted by Crippen LogP contribution is 2.28. The Kier molecular flexibility index (Phi) is 4.15. The molecule has 1 fully saturated rings. The first-order valence-corrected chi connectivity index (χ1v) is 7.93. The van der Waals surface area contributed by atoms with E-state index in [4.69, 9.17) is 4.74 Å². The summed E-state index contributed by atoms with van der Waals surface area (Å²) in [4.78, 5) is 14.6. The molecule has 3 rings (SSSR count). The average molecular weight is 288 g/mol. The molecule has 4 heteroatoms. The second-order valence-electron chi connectivity index (χ2n) is 6.36. The van der Waals surface area contributed by atoms with Crippen molar-refractivity contribution >= 4 is 5.91 Å². The third-order valence-corrected chi connectivity index (χ3v) is 4.27. The smallest absolute Gasteiger partial charge is 0.254 e. The molecule has 0 radical (unpaired) electrons. The number of rotatable bonds is 4. The average Bonchev–Trinajstić information content (AvgIpc) is 2.76. The van der Waals surface area contributed by atoms with Gasteiger partial charge in [-0.2, -0.15) is 0 Å². The summed E-state index contributed by atoms with van der Waals surface area (Å²) in [5, 5.41) is 3.37. The van der Waals surface area contributed by atoms with Gasteiger partial charge in [0, 0.05) is 18.7 Å². The number of fused-ring (bicyclic) bond motifs is 1. The second-order valence-corrected chi connectivity index (χ2v) is 6.36. The summed E-state index contributed by atoms with van der Waals surface area (Å²) in [5.41, 5.74) is 1.95. The first-order valence-electron chi connectivity index (χ1n) is 7.93. The van der Waals surface area contributed by atoms with E-state index >= 15 is 0 Å². The van der Waals surface area contributed by atoms with Crippen molar-refractivity contribution < 1.29 is 9.53 Å². The van der Waals surface area contributed by atoms with Crippen molar-refractivity contribution in [1.29, 1.82) is 0 Å². The van der Waals surface area contributed by atoms with E-state index in [-0.39, 0.29) is 12.0 Å². The molecule has 2 aliphatic rings. The van der Waals surface area contributed by atoms with Gasteiger partial charge in [-0.25, -0.2) is 0 Å². The fourth-order valence-electron chi connectivity index (χ4n) is 3.21. The van der Waals surface area contributed by atoms with E-state index in [2.05, 4.69) is 5.32 Å². The van der Waals surface area contributed by atoms with Gasteiger partial charge in [0.15, 0.2) is 0 Å². The van der Waals surface area contributed by atoms with Crippen LogP contribution in [0.1, 0.15) is 42.6 Å². The standard InChI is InChI=1S/C17H24N2O2/c1-12(2)21-15-4-3-14-11-19(17(20)16(14)9-15)10-13-5-7-18-8-6-13/h3-4,9,12-13,18H,5-8,10-11H2,1-2H3. The zero-order chi connectivity index (χ0) is 14.8. The van der Waals surface area contributed by atoms with Crippen LogP contribution < -0.4 is 10.1 Å². The molecule has 1 saturated heterocycles. The SMILES string of the molecule is CC(C)Oc1ccc2c(c1)C(=O)N(CC1CCNCC1)C2. The van der Waals surface area contributed by atoms with Crippen LogP contribution in [0.4, 0.5) is 0 Å². The van der Waals surface area contributed by atoms with Crippen molar-refractivity contribution in [3.05, 3.63) is 29.3 Å². The lowest BCUT2D eigenvalue weighted by atomic mass is 9.98. The Morgan fingerprint density at radius 3 is 2.81 bits per heavy atom. The first kappa shape index (κ1) is 14.4. The van der Waals surface area contributed by atoms with Gasteiger partial charge in [-0.1, -0.05) is 6.07 Å². The van der Waals surface area contributed by atoms with Crippen LogP contribution in [0.5, 0.6) is 5.75 Å². The lowest BCUT2D eigenvalue weighted by molar-refractivity contribution is 0.0740. The maximum absolute atomic E-state index is 12.6. The summed E-state index contributed by atoms with van der Waals surface area (Å²) in [6, 6.07) is 5.91. The lowest BCUT2D eigenvalue weighted by Gasteiger charge is -2.27. The molecular weight excluding hydrogens is 264 g/mol. The number of carbonyl (C=O) groups is 1. The Hall–Kier alpha value is -1.55. The van der Waals surface area contributed by atoms with Crippen LogP contribution in [-0.4, -0.2) is 36.5 Å². The van der Waals surface area contributed by atoms with Crippen LogP contribution in [-0.2, 0) is 6.54 Å². The van der Waals surface area contributed by atoms with E-state index in [0.29, 0.717) is 5.92 Å². The van der Waals surface area contributed by atoms with E-state index in [1.807, 2.05) is 36.9 Å². The number of nitrogens with zero attached hydrogens (tertiary/aromatic N) is 1. The minimum atomic E-state index is 0.130. The minimum absolute atomic E-state index is 0.130. The largest absolute Gasteiger partial charge is 0.491 e. The summed E-state index contributed by atoms with van der Waals surface area (Å²) in [6.07, 6.45) is 2.47. The highest BCUT2D eigenvalue weighted by molar-refractivity contribution is 5.98. The van der Waals surface area contributed by atoms with E-state index < -0.39 is 0 Å². The van der Waals surface area contributed by atoms with Gasteiger partial charge in [0.25, 0.3) is 5.91 Å². The first-order chi connectivity index (χ1) is 10.1. The molecule has 0 spiro atoms. The van der Waals surface area contributed by atoms with Crippen LogP contribution in [0, 0.1) is 5.92 Å². The van der Waals surface area contributed by atoms with Gasteiger partial charge in [-0.15, -0.1) is 0 Å². The molecule has 2 heterocycles. The molecule has 2 aliphatic heterocycles. The van der Waals surface area contributed by atoms with Crippen molar-refractivity contribution in [2.24, 2.45) is 5.92 Å². The predicted molar refractivity (Wildman–Crippen MR) is 82.5 cm³/mol. The normalized spacial score (nSPS) is 19.2. The lowest BCUT2D eigenvalue weighted by Crippen LogP contribution is -2.36. The molecule has 0 atom stereocenters. The van der Waals surface area contributed by atoms with Gasteiger partial charge in [-0.3, -0.25) is 4.79 Å². The van der Waals surface area contributed by atoms with Gasteiger partial charge in [0.05, 0.1) is 6.10 Å². The molecule has 114 valence electrons. The van der Waals surface area contributed by atoms with Gasteiger partial charge in [-0.05, 0) is 63.4 Å². The molecule has 1 aromatic rings. The third-order valence-electron chi connectivity index (χ3n) is 4.27. The number of ether oxygens (including phenoxy) is 1. The highest BCUT2D eigenvalue weighted by atomic mass is 16.5. The number of carbonyl (C=O) groups excluding carboxylic acids is 1. The molecule has 0 bridgehead atoms. The van der Waals surface area contributed by atoms with E-state index in [1.165, 1.54) is 12.8 Å². The Labute approximate surface area is 126 Å². The Bertz CT molecular complexity index is 522. The number of amides is 1. The molecule has 0 aliphatic carbocycles. The van der Waals surface area contributed by atoms with Crippen LogP contribution in [0.3, 0.4) is 0 Å². The maximum Gasteiger partial charge on any atom is 0.254 e. The number of nitrogens with one attached hydrogen (secondary N) is 1. The summed E-state index contributed by atoms with van der Waals surface area (Å²) >= 11 is 0. The molecule has 1 aromatic carbocycles. The van der Waals surface area contributed by atoms with Crippen LogP contribution in [0.2, 0.25) is 0 Å². The van der Waals surface area contributed by atoms with Gasteiger partial charge >= 0.3 is 0 Å².